The van der Waals surface area contributed by atoms with Crippen molar-refractivity contribution >= 4 is 34.5 Å². The van der Waals surface area contributed by atoms with Gasteiger partial charge in [0.15, 0.2) is 0 Å². The van der Waals surface area contributed by atoms with Crippen molar-refractivity contribution in [2.45, 2.75) is 20.3 Å². The smallest absolute Gasteiger partial charge is 0.259 e. The molecule has 0 bridgehead atoms. The van der Waals surface area contributed by atoms with E-state index < -0.39 is 11.3 Å². The van der Waals surface area contributed by atoms with Crippen molar-refractivity contribution in [2.75, 3.05) is 0 Å². The minimum atomic E-state index is -2.12. The van der Waals surface area contributed by atoms with E-state index in [0.29, 0.717) is 22.2 Å². The number of hydrogen-bond acceptors (Lipinski definition) is 1. The summed E-state index contributed by atoms with van der Waals surface area (Å²) in [5, 5.41) is 1.23. The van der Waals surface area contributed by atoms with Crippen molar-refractivity contribution < 1.29 is 8.76 Å². The van der Waals surface area contributed by atoms with Crippen LogP contribution in [0.15, 0.2) is 21.3 Å². The fraction of sp³-hybridized carbons (Fsp3) is 0.500. The second kappa shape index (κ2) is 4.66. The third-order valence-corrected chi connectivity index (χ3v) is 3.49. The molecule has 0 spiro atoms. The van der Waals surface area contributed by atoms with Gasteiger partial charge in [-0.05, 0) is 24.8 Å². The Balaban J connectivity index is 3.03. The van der Waals surface area contributed by atoms with Crippen LogP contribution in [0.3, 0.4) is 0 Å². The average Bonchev–Trinajstić information content (AvgIpc) is 2.09. The number of rotatable bonds is 2. The normalized spacial score (nSPS) is 25.4. The van der Waals surface area contributed by atoms with Crippen molar-refractivity contribution in [1.82, 2.24) is 4.72 Å². The fourth-order valence-electron chi connectivity index (χ4n) is 1.37. The topological polar surface area (TPSA) is 49.3 Å². The molecule has 2 atom stereocenters. The first kappa shape index (κ1) is 12.0. The van der Waals surface area contributed by atoms with E-state index >= 15 is 0 Å². The van der Waals surface area contributed by atoms with Gasteiger partial charge in [-0.2, -0.15) is 0 Å². The van der Waals surface area contributed by atoms with Crippen molar-refractivity contribution in [3.63, 3.8) is 0 Å². The summed E-state index contributed by atoms with van der Waals surface area (Å²) in [5.74, 6) is 0.168. The molecule has 1 rings (SSSR count). The lowest BCUT2D eigenvalue weighted by Gasteiger charge is -2.22. The van der Waals surface area contributed by atoms with Crippen LogP contribution in [-0.2, 0) is 11.3 Å². The molecule has 0 fully saturated rings. The van der Waals surface area contributed by atoms with E-state index in [0.717, 1.165) is 5.57 Å². The van der Waals surface area contributed by atoms with Gasteiger partial charge in [0, 0.05) is 10.1 Å². The summed E-state index contributed by atoms with van der Waals surface area (Å²) in [4.78, 5) is 0. The first-order valence-corrected chi connectivity index (χ1v) is 5.92. The first-order valence-electron chi connectivity index (χ1n) is 4.06. The van der Waals surface area contributed by atoms with Gasteiger partial charge in [-0.1, -0.05) is 30.1 Å². The Morgan fingerprint density at radius 3 is 2.64 bits per heavy atom. The van der Waals surface area contributed by atoms with Crippen LogP contribution < -0.4 is 4.72 Å². The van der Waals surface area contributed by atoms with E-state index in [1.54, 1.807) is 6.92 Å². The molecule has 0 aliphatic heterocycles. The number of hydrogen-bond donors (Lipinski definition) is 2. The van der Waals surface area contributed by atoms with Gasteiger partial charge in [0.25, 0.3) is 11.3 Å². The summed E-state index contributed by atoms with van der Waals surface area (Å²) in [7, 11) is 0. The molecule has 14 heavy (non-hydrogen) atoms. The van der Waals surface area contributed by atoms with E-state index in [4.69, 9.17) is 27.8 Å². The van der Waals surface area contributed by atoms with Gasteiger partial charge in [-0.15, -0.1) is 0 Å². The lowest BCUT2D eigenvalue weighted by atomic mass is 9.96. The minimum absolute atomic E-state index is 0.168. The van der Waals surface area contributed by atoms with E-state index in [1.807, 2.05) is 6.92 Å². The number of halogens is 2. The Hall–Kier alpha value is -0.0300. The maximum Gasteiger partial charge on any atom is 0.259 e. The Morgan fingerprint density at radius 1 is 1.57 bits per heavy atom. The molecule has 0 radical (unpaired) electrons. The number of nitrogens with one attached hydrogen (secondary N) is 1. The van der Waals surface area contributed by atoms with Crippen LogP contribution in [-0.4, -0.2) is 8.76 Å². The van der Waals surface area contributed by atoms with Crippen molar-refractivity contribution in [1.29, 1.82) is 0 Å². The first-order chi connectivity index (χ1) is 6.43. The maximum atomic E-state index is 10.6. The summed E-state index contributed by atoms with van der Waals surface area (Å²) in [6.07, 6.45) is 0.595. The van der Waals surface area contributed by atoms with Crippen molar-refractivity contribution in [3.8, 4) is 0 Å². The number of allylic oxidation sites excluding steroid dienone is 3. The monoisotopic (exact) mass is 255 g/mol. The third kappa shape index (κ3) is 2.51. The zero-order chi connectivity index (χ0) is 10.9. The van der Waals surface area contributed by atoms with Crippen LogP contribution in [0.2, 0.25) is 0 Å². The predicted molar refractivity (Wildman–Crippen MR) is 59.1 cm³/mol. The van der Waals surface area contributed by atoms with Gasteiger partial charge in [0.2, 0.25) is 0 Å². The fourth-order valence-corrected chi connectivity index (χ4v) is 2.47. The molecular formula is C8H11Cl2NO2S. The standard InChI is InChI=1S/C8H11Cl2NO2S/c1-4-3-6(9)8(11-14(12)13)5(2)7(4)10/h4,11H,3H2,1-2H3,(H,12,13). The third-order valence-electron chi connectivity index (χ3n) is 2.11. The van der Waals surface area contributed by atoms with E-state index in [-0.39, 0.29) is 5.92 Å². The Bertz CT molecular complexity index is 338. The Labute approximate surface area is 95.6 Å². The molecule has 0 aromatic rings. The maximum absolute atomic E-state index is 10.6. The van der Waals surface area contributed by atoms with Crippen LogP contribution in [0.4, 0.5) is 0 Å². The van der Waals surface area contributed by atoms with E-state index in [1.165, 1.54) is 0 Å². The lowest BCUT2D eigenvalue weighted by Crippen LogP contribution is -2.21. The molecule has 2 N–H and O–H groups in total. The van der Waals surface area contributed by atoms with Crippen LogP contribution in [0.25, 0.3) is 0 Å². The Kier molecular flexibility index (Phi) is 4.01. The highest BCUT2D eigenvalue weighted by atomic mass is 35.5. The molecule has 6 heteroatoms. The summed E-state index contributed by atoms with van der Waals surface area (Å²) in [5.41, 5.74) is 1.20. The molecule has 0 saturated heterocycles. The van der Waals surface area contributed by atoms with Crippen molar-refractivity contribution in [2.24, 2.45) is 5.92 Å². The molecule has 1 aliphatic rings. The molecule has 0 amide bonds. The van der Waals surface area contributed by atoms with Crippen LogP contribution in [0.1, 0.15) is 20.3 Å². The molecule has 1 aliphatic carbocycles. The van der Waals surface area contributed by atoms with E-state index in [9.17, 15) is 4.21 Å². The SMILES string of the molecule is CC1=C(Cl)C(C)CC(Cl)=C1NS(=O)O. The zero-order valence-electron chi connectivity index (χ0n) is 7.80. The molecule has 0 heterocycles. The van der Waals surface area contributed by atoms with Crippen molar-refractivity contribution in [3.05, 3.63) is 21.3 Å². The largest absolute Gasteiger partial charge is 0.289 e. The molecule has 2 unspecified atom stereocenters. The van der Waals surface area contributed by atoms with Crippen LogP contribution in [0, 0.1) is 5.92 Å². The summed E-state index contributed by atoms with van der Waals surface area (Å²) in [6, 6.07) is 0. The van der Waals surface area contributed by atoms with Gasteiger partial charge in [-0.3, -0.25) is 9.27 Å². The highest BCUT2D eigenvalue weighted by molar-refractivity contribution is 7.77. The molecule has 0 aromatic carbocycles. The lowest BCUT2D eigenvalue weighted by molar-refractivity contribution is 0.555. The molecule has 0 aromatic heterocycles. The molecule has 3 nitrogen and oxygen atoms in total. The van der Waals surface area contributed by atoms with Gasteiger partial charge >= 0.3 is 0 Å². The summed E-state index contributed by atoms with van der Waals surface area (Å²) >= 11 is 9.87. The molecule has 0 saturated carbocycles. The Morgan fingerprint density at radius 2 is 2.14 bits per heavy atom. The quantitative estimate of drug-likeness (QED) is 0.746. The predicted octanol–water partition coefficient (Wildman–Crippen LogP) is 2.72. The second-order valence-electron chi connectivity index (χ2n) is 3.21. The van der Waals surface area contributed by atoms with Crippen LogP contribution >= 0.6 is 23.2 Å². The van der Waals surface area contributed by atoms with Gasteiger partial charge < -0.3 is 0 Å². The summed E-state index contributed by atoms with van der Waals surface area (Å²) < 4.78 is 21.6. The average molecular weight is 256 g/mol. The highest BCUT2D eigenvalue weighted by Gasteiger charge is 2.23. The van der Waals surface area contributed by atoms with E-state index in [2.05, 4.69) is 4.72 Å². The molecule has 80 valence electrons. The summed E-state index contributed by atoms with van der Waals surface area (Å²) in [6.45, 7) is 3.73. The highest BCUT2D eigenvalue weighted by Crippen LogP contribution is 2.36. The molecular weight excluding hydrogens is 245 g/mol. The van der Waals surface area contributed by atoms with Gasteiger partial charge in [0.05, 0.1) is 5.70 Å². The second-order valence-corrected chi connectivity index (χ2v) is 4.78. The minimum Gasteiger partial charge on any atom is -0.289 e. The van der Waals surface area contributed by atoms with Crippen LogP contribution in [0.5, 0.6) is 0 Å². The van der Waals surface area contributed by atoms with Gasteiger partial charge in [0.1, 0.15) is 0 Å². The van der Waals surface area contributed by atoms with Gasteiger partial charge in [-0.25, -0.2) is 4.21 Å². The zero-order valence-corrected chi connectivity index (χ0v) is 10.1.